The lowest BCUT2D eigenvalue weighted by atomic mass is 10.3. The van der Waals surface area contributed by atoms with Crippen LogP contribution in [0.5, 0.6) is 0 Å². The standard InChI is InChI=1S/C13H12F4N4O/c14-9-3-1-2-4-10(9)19-12(22)18-6-8-21-7-5-11(20-21)13(15,16)17/h1-5,7H,6,8H2,(H2,18,19,22). The quantitative estimate of drug-likeness (QED) is 0.852. The average molecular weight is 316 g/mol. The molecule has 2 amide bonds. The summed E-state index contributed by atoms with van der Waals surface area (Å²) in [4.78, 5) is 11.5. The van der Waals surface area contributed by atoms with Crippen LogP contribution in [0.3, 0.4) is 0 Å². The number of nitrogens with one attached hydrogen (secondary N) is 2. The maximum Gasteiger partial charge on any atom is 0.435 e. The summed E-state index contributed by atoms with van der Waals surface area (Å²) < 4.78 is 51.4. The lowest BCUT2D eigenvalue weighted by molar-refractivity contribution is -0.141. The molecule has 0 radical (unpaired) electrons. The molecule has 1 aromatic heterocycles. The Morgan fingerprint density at radius 1 is 1.23 bits per heavy atom. The van der Waals surface area contributed by atoms with Gasteiger partial charge in [-0.25, -0.2) is 9.18 Å². The van der Waals surface area contributed by atoms with Crippen molar-refractivity contribution in [1.29, 1.82) is 0 Å². The van der Waals surface area contributed by atoms with Crippen molar-refractivity contribution in [2.45, 2.75) is 12.7 Å². The van der Waals surface area contributed by atoms with E-state index in [9.17, 15) is 22.4 Å². The van der Waals surface area contributed by atoms with Crippen molar-refractivity contribution in [1.82, 2.24) is 15.1 Å². The minimum atomic E-state index is -4.50. The van der Waals surface area contributed by atoms with E-state index in [1.54, 1.807) is 6.07 Å². The number of urea groups is 1. The van der Waals surface area contributed by atoms with E-state index in [0.717, 1.165) is 10.7 Å². The number of carbonyl (C=O) groups excluding carboxylic acids is 1. The molecule has 118 valence electrons. The maximum atomic E-state index is 13.3. The van der Waals surface area contributed by atoms with Crippen molar-refractivity contribution in [3.05, 3.63) is 48.0 Å². The van der Waals surface area contributed by atoms with E-state index in [1.807, 2.05) is 0 Å². The van der Waals surface area contributed by atoms with E-state index in [1.165, 1.54) is 24.4 Å². The Hall–Kier alpha value is -2.58. The fourth-order valence-corrected chi connectivity index (χ4v) is 1.65. The van der Waals surface area contributed by atoms with Gasteiger partial charge in [-0.15, -0.1) is 0 Å². The summed E-state index contributed by atoms with van der Waals surface area (Å²) >= 11 is 0. The molecule has 2 aromatic rings. The predicted octanol–water partition coefficient (Wildman–Crippen LogP) is 2.86. The molecule has 0 aliphatic rings. The van der Waals surface area contributed by atoms with Crippen molar-refractivity contribution < 1.29 is 22.4 Å². The van der Waals surface area contributed by atoms with Crippen molar-refractivity contribution >= 4 is 11.7 Å². The smallest absolute Gasteiger partial charge is 0.336 e. The summed E-state index contributed by atoms with van der Waals surface area (Å²) in [7, 11) is 0. The van der Waals surface area contributed by atoms with Gasteiger partial charge >= 0.3 is 12.2 Å². The van der Waals surface area contributed by atoms with Crippen molar-refractivity contribution in [3.8, 4) is 0 Å². The number of hydrogen-bond donors (Lipinski definition) is 2. The van der Waals surface area contributed by atoms with Gasteiger partial charge in [-0.05, 0) is 18.2 Å². The van der Waals surface area contributed by atoms with Crippen LogP contribution in [-0.2, 0) is 12.7 Å². The zero-order valence-electron chi connectivity index (χ0n) is 11.2. The molecular formula is C13H12F4N4O. The van der Waals surface area contributed by atoms with Crippen LogP contribution in [0.25, 0.3) is 0 Å². The highest BCUT2D eigenvalue weighted by atomic mass is 19.4. The number of hydrogen-bond acceptors (Lipinski definition) is 2. The van der Waals surface area contributed by atoms with Gasteiger partial charge in [-0.3, -0.25) is 4.68 Å². The lowest BCUT2D eigenvalue weighted by Gasteiger charge is -2.08. The fourth-order valence-electron chi connectivity index (χ4n) is 1.65. The second-order valence-electron chi connectivity index (χ2n) is 4.32. The van der Waals surface area contributed by atoms with Gasteiger partial charge in [0, 0.05) is 12.7 Å². The SMILES string of the molecule is O=C(NCCn1ccc(C(F)(F)F)n1)Nc1ccccc1F. The Morgan fingerprint density at radius 3 is 2.59 bits per heavy atom. The summed E-state index contributed by atoms with van der Waals surface area (Å²) in [5.41, 5.74) is -0.984. The van der Waals surface area contributed by atoms with Gasteiger partial charge < -0.3 is 10.6 Å². The number of para-hydroxylation sites is 1. The third kappa shape index (κ3) is 4.21. The van der Waals surface area contributed by atoms with Crippen LogP contribution in [0.4, 0.5) is 28.0 Å². The molecule has 0 atom stereocenters. The number of benzene rings is 1. The monoisotopic (exact) mass is 316 g/mol. The number of aromatic nitrogens is 2. The zero-order valence-corrected chi connectivity index (χ0v) is 11.2. The van der Waals surface area contributed by atoms with Gasteiger partial charge in [0.1, 0.15) is 5.82 Å². The largest absolute Gasteiger partial charge is 0.435 e. The number of carbonyl (C=O) groups is 1. The maximum absolute atomic E-state index is 13.3. The molecule has 0 fully saturated rings. The van der Waals surface area contributed by atoms with Crippen molar-refractivity contribution in [3.63, 3.8) is 0 Å². The van der Waals surface area contributed by atoms with Crippen molar-refractivity contribution in [2.24, 2.45) is 0 Å². The van der Waals surface area contributed by atoms with Crippen LogP contribution in [0, 0.1) is 5.82 Å². The normalized spacial score (nSPS) is 11.3. The lowest BCUT2D eigenvalue weighted by Crippen LogP contribution is -2.31. The minimum absolute atomic E-state index is 0.0125. The van der Waals surface area contributed by atoms with Gasteiger partial charge in [-0.1, -0.05) is 12.1 Å². The van der Waals surface area contributed by atoms with Crippen LogP contribution in [0.15, 0.2) is 36.5 Å². The van der Waals surface area contributed by atoms with E-state index in [2.05, 4.69) is 15.7 Å². The molecule has 0 saturated carbocycles. The molecule has 0 spiro atoms. The zero-order chi connectivity index (χ0) is 16.2. The molecular weight excluding hydrogens is 304 g/mol. The summed E-state index contributed by atoms with van der Waals surface area (Å²) in [5.74, 6) is -0.584. The molecule has 0 unspecified atom stereocenters. The van der Waals surface area contributed by atoms with Crippen LogP contribution < -0.4 is 10.6 Å². The van der Waals surface area contributed by atoms with Gasteiger partial charge in [0.2, 0.25) is 0 Å². The highest BCUT2D eigenvalue weighted by molar-refractivity contribution is 5.89. The van der Waals surface area contributed by atoms with Gasteiger partial charge in [0.15, 0.2) is 5.69 Å². The second kappa shape index (κ2) is 6.46. The van der Waals surface area contributed by atoms with Crippen molar-refractivity contribution in [2.75, 3.05) is 11.9 Å². The molecule has 5 nitrogen and oxygen atoms in total. The molecule has 2 N–H and O–H groups in total. The first-order chi connectivity index (χ1) is 10.4. The van der Waals surface area contributed by atoms with Gasteiger partial charge in [0.05, 0.1) is 12.2 Å². The second-order valence-corrected chi connectivity index (χ2v) is 4.32. The number of halogens is 4. The molecule has 22 heavy (non-hydrogen) atoms. The molecule has 0 aliphatic heterocycles. The van der Waals surface area contributed by atoms with E-state index >= 15 is 0 Å². The van der Waals surface area contributed by atoms with E-state index in [-0.39, 0.29) is 18.8 Å². The van der Waals surface area contributed by atoms with Gasteiger partial charge in [0.25, 0.3) is 0 Å². The fraction of sp³-hybridized carbons (Fsp3) is 0.231. The summed E-state index contributed by atoms with van der Waals surface area (Å²) in [6.45, 7) is 0.0973. The first-order valence-electron chi connectivity index (χ1n) is 6.26. The molecule has 0 bridgehead atoms. The highest BCUT2D eigenvalue weighted by Crippen LogP contribution is 2.27. The third-order valence-electron chi connectivity index (χ3n) is 2.68. The molecule has 0 aliphatic carbocycles. The Bertz CT molecular complexity index is 653. The summed E-state index contributed by atoms with van der Waals surface area (Å²) in [6, 6.07) is 5.80. The van der Waals surface area contributed by atoms with Crippen LogP contribution in [0.1, 0.15) is 5.69 Å². The van der Waals surface area contributed by atoms with E-state index in [0.29, 0.717) is 0 Å². The summed E-state index contributed by atoms with van der Waals surface area (Å²) in [5, 5.41) is 8.02. The molecule has 9 heteroatoms. The Labute approximate surface area is 122 Å². The molecule has 0 saturated heterocycles. The number of alkyl halides is 3. The minimum Gasteiger partial charge on any atom is -0.336 e. The first kappa shape index (κ1) is 15.8. The third-order valence-corrected chi connectivity index (χ3v) is 2.68. The van der Waals surface area contributed by atoms with Crippen LogP contribution >= 0.6 is 0 Å². The Morgan fingerprint density at radius 2 is 1.95 bits per heavy atom. The van der Waals surface area contributed by atoms with E-state index in [4.69, 9.17) is 0 Å². The highest BCUT2D eigenvalue weighted by Gasteiger charge is 2.33. The number of amides is 2. The Balaban J connectivity index is 1.80. The molecule has 1 aromatic carbocycles. The first-order valence-corrected chi connectivity index (χ1v) is 6.26. The number of rotatable bonds is 4. The molecule has 1 heterocycles. The molecule has 2 rings (SSSR count). The Kier molecular flexibility index (Phi) is 4.64. The predicted molar refractivity (Wildman–Crippen MR) is 70.7 cm³/mol. The van der Waals surface area contributed by atoms with Crippen LogP contribution in [0.2, 0.25) is 0 Å². The summed E-state index contributed by atoms with van der Waals surface area (Å²) in [6.07, 6.45) is -3.33. The van der Waals surface area contributed by atoms with E-state index < -0.39 is 23.7 Å². The number of nitrogens with zero attached hydrogens (tertiary/aromatic N) is 2. The topological polar surface area (TPSA) is 59.0 Å². The number of anilines is 1. The average Bonchev–Trinajstić information content (AvgIpc) is 2.90. The van der Waals surface area contributed by atoms with Crippen LogP contribution in [-0.4, -0.2) is 22.4 Å². The van der Waals surface area contributed by atoms with Gasteiger partial charge in [-0.2, -0.15) is 18.3 Å².